The summed E-state index contributed by atoms with van der Waals surface area (Å²) in [5.41, 5.74) is 0.374. The van der Waals surface area contributed by atoms with E-state index in [1.54, 1.807) is 29.2 Å². The van der Waals surface area contributed by atoms with Gasteiger partial charge in [0, 0.05) is 19.0 Å². The van der Waals surface area contributed by atoms with Crippen molar-refractivity contribution in [3.8, 4) is 5.75 Å². The summed E-state index contributed by atoms with van der Waals surface area (Å²) in [7, 11) is 0. The van der Waals surface area contributed by atoms with Gasteiger partial charge in [0.25, 0.3) is 5.91 Å². The maximum atomic E-state index is 12.4. The smallest absolute Gasteiger partial charge is 0.257 e. The highest BCUT2D eigenvalue weighted by Crippen LogP contribution is 2.27. The molecule has 1 aromatic rings. The normalized spacial score (nSPS) is 21.3. The number of phenols is 1. The molecule has 2 fully saturated rings. The fourth-order valence-electron chi connectivity index (χ4n) is 2.85. The first-order valence-corrected chi connectivity index (χ1v) is 7.06. The molecule has 0 saturated carbocycles. The molecule has 0 radical (unpaired) electrons. The lowest BCUT2D eigenvalue weighted by atomic mass is 9.95. The summed E-state index contributed by atoms with van der Waals surface area (Å²) in [5, 5.41) is 9.75. The lowest BCUT2D eigenvalue weighted by molar-refractivity contribution is -0.0956. The second-order valence-corrected chi connectivity index (χ2v) is 5.26. The fourth-order valence-corrected chi connectivity index (χ4v) is 2.85. The molecule has 0 bridgehead atoms. The Hall–Kier alpha value is -1.59. The van der Waals surface area contributed by atoms with Gasteiger partial charge in [-0.05, 0) is 25.0 Å². The number of hydrogen-bond acceptors (Lipinski definition) is 4. The number of amides is 1. The minimum absolute atomic E-state index is 0.0436. The van der Waals surface area contributed by atoms with Crippen molar-refractivity contribution in [2.45, 2.75) is 19.1 Å². The first-order chi connectivity index (χ1) is 9.75. The van der Waals surface area contributed by atoms with E-state index in [2.05, 4.69) is 0 Å². The van der Waals surface area contributed by atoms with Gasteiger partial charge in [-0.1, -0.05) is 12.1 Å². The Kier molecular flexibility index (Phi) is 3.89. The Labute approximate surface area is 118 Å². The van der Waals surface area contributed by atoms with E-state index in [0.29, 0.717) is 37.8 Å². The third-order valence-electron chi connectivity index (χ3n) is 3.99. The molecule has 5 heteroatoms. The van der Waals surface area contributed by atoms with Crippen molar-refractivity contribution in [2.24, 2.45) is 5.92 Å². The van der Waals surface area contributed by atoms with E-state index >= 15 is 0 Å². The molecule has 1 aromatic carbocycles. The third kappa shape index (κ3) is 2.64. The summed E-state index contributed by atoms with van der Waals surface area (Å²) in [6, 6.07) is 6.68. The Morgan fingerprint density at radius 2 is 1.80 bits per heavy atom. The molecule has 3 rings (SSSR count). The van der Waals surface area contributed by atoms with Crippen molar-refractivity contribution in [1.29, 1.82) is 0 Å². The molecule has 0 aromatic heterocycles. The Balaban J connectivity index is 1.60. The highest BCUT2D eigenvalue weighted by molar-refractivity contribution is 5.96. The topological polar surface area (TPSA) is 59.0 Å². The molecule has 108 valence electrons. The van der Waals surface area contributed by atoms with Crippen LogP contribution in [0.5, 0.6) is 5.75 Å². The van der Waals surface area contributed by atoms with Crippen molar-refractivity contribution in [1.82, 2.24) is 4.90 Å². The molecular weight excluding hydrogens is 258 g/mol. The van der Waals surface area contributed by atoms with Crippen LogP contribution in [0, 0.1) is 5.92 Å². The van der Waals surface area contributed by atoms with E-state index in [1.165, 1.54) is 0 Å². The van der Waals surface area contributed by atoms with Gasteiger partial charge in [0.15, 0.2) is 6.29 Å². The van der Waals surface area contributed by atoms with Crippen LogP contribution >= 0.6 is 0 Å². The predicted octanol–water partition coefficient (Wildman–Crippen LogP) is 1.62. The number of piperidine rings is 1. The van der Waals surface area contributed by atoms with Gasteiger partial charge in [0.2, 0.25) is 0 Å². The number of aromatic hydroxyl groups is 1. The molecular formula is C15H19NO4. The van der Waals surface area contributed by atoms with Crippen LogP contribution in [-0.2, 0) is 9.47 Å². The molecule has 2 aliphatic rings. The van der Waals surface area contributed by atoms with Crippen molar-refractivity contribution < 1.29 is 19.4 Å². The highest BCUT2D eigenvalue weighted by atomic mass is 16.7. The van der Waals surface area contributed by atoms with E-state index in [0.717, 1.165) is 12.8 Å². The van der Waals surface area contributed by atoms with Crippen LogP contribution in [0.2, 0.25) is 0 Å². The van der Waals surface area contributed by atoms with Crippen LogP contribution in [0.15, 0.2) is 24.3 Å². The maximum absolute atomic E-state index is 12.4. The van der Waals surface area contributed by atoms with Gasteiger partial charge in [0.05, 0.1) is 18.8 Å². The second-order valence-electron chi connectivity index (χ2n) is 5.26. The summed E-state index contributed by atoms with van der Waals surface area (Å²) < 4.78 is 11.1. The van der Waals surface area contributed by atoms with Crippen LogP contribution in [0.25, 0.3) is 0 Å². The SMILES string of the molecule is O=C(c1ccccc1O)N1CCC(C2OCCO2)CC1. The van der Waals surface area contributed by atoms with E-state index in [4.69, 9.17) is 9.47 Å². The van der Waals surface area contributed by atoms with Gasteiger partial charge in [-0.3, -0.25) is 4.79 Å². The molecule has 0 spiro atoms. The summed E-state index contributed by atoms with van der Waals surface area (Å²) in [4.78, 5) is 14.1. The van der Waals surface area contributed by atoms with E-state index in [1.807, 2.05) is 0 Å². The van der Waals surface area contributed by atoms with Gasteiger partial charge in [0.1, 0.15) is 5.75 Å². The van der Waals surface area contributed by atoms with Gasteiger partial charge in [-0.15, -0.1) is 0 Å². The molecule has 0 unspecified atom stereocenters. The number of likely N-dealkylation sites (tertiary alicyclic amines) is 1. The van der Waals surface area contributed by atoms with Crippen molar-refractivity contribution in [3.63, 3.8) is 0 Å². The first-order valence-electron chi connectivity index (χ1n) is 7.06. The lowest BCUT2D eigenvalue weighted by Crippen LogP contribution is -2.41. The minimum atomic E-state index is -0.102. The maximum Gasteiger partial charge on any atom is 0.257 e. The van der Waals surface area contributed by atoms with Crippen molar-refractivity contribution in [2.75, 3.05) is 26.3 Å². The summed E-state index contributed by atoms with van der Waals surface area (Å²) in [6.45, 7) is 2.70. The number of nitrogens with zero attached hydrogens (tertiary/aromatic N) is 1. The third-order valence-corrected chi connectivity index (χ3v) is 3.99. The molecule has 0 atom stereocenters. The molecule has 0 aliphatic carbocycles. The molecule has 5 nitrogen and oxygen atoms in total. The number of hydrogen-bond donors (Lipinski definition) is 1. The zero-order chi connectivity index (χ0) is 13.9. The highest BCUT2D eigenvalue weighted by Gasteiger charge is 2.32. The summed E-state index contributed by atoms with van der Waals surface area (Å²) in [5.74, 6) is 0.308. The van der Waals surface area contributed by atoms with Gasteiger partial charge >= 0.3 is 0 Å². The number of carbonyl (C=O) groups excluding carboxylic acids is 1. The van der Waals surface area contributed by atoms with Gasteiger partial charge in [-0.25, -0.2) is 0 Å². The Morgan fingerprint density at radius 1 is 1.15 bits per heavy atom. The van der Waals surface area contributed by atoms with Crippen LogP contribution in [0.3, 0.4) is 0 Å². The zero-order valence-corrected chi connectivity index (χ0v) is 11.3. The van der Waals surface area contributed by atoms with Crippen molar-refractivity contribution in [3.05, 3.63) is 29.8 Å². The monoisotopic (exact) mass is 277 g/mol. The molecule has 2 heterocycles. The number of phenolic OH excluding ortho intramolecular Hbond substituents is 1. The summed E-state index contributed by atoms with van der Waals surface area (Å²) in [6.07, 6.45) is 1.66. The molecule has 2 aliphatic heterocycles. The number of rotatable bonds is 2. The van der Waals surface area contributed by atoms with E-state index < -0.39 is 0 Å². The van der Waals surface area contributed by atoms with Crippen LogP contribution in [-0.4, -0.2) is 48.5 Å². The molecule has 20 heavy (non-hydrogen) atoms. The summed E-state index contributed by atoms with van der Waals surface area (Å²) >= 11 is 0. The van der Waals surface area contributed by atoms with Crippen molar-refractivity contribution >= 4 is 5.91 Å². The van der Waals surface area contributed by atoms with Crippen LogP contribution < -0.4 is 0 Å². The van der Waals surface area contributed by atoms with Gasteiger partial charge < -0.3 is 19.5 Å². The molecule has 1 N–H and O–H groups in total. The zero-order valence-electron chi connectivity index (χ0n) is 11.3. The average molecular weight is 277 g/mol. The lowest BCUT2D eigenvalue weighted by Gasteiger charge is -2.34. The average Bonchev–Trinajstić information content (AvgIpc) is 3.01. The minimum Gasteiger partial charge on any atom is -0.507 e. The van der Waals surface area contributed by atoms with Crippen LogP contribution in [0.4, 0.5) is 0 Å². The largest absolute Gasteiger partial charge is 0.507 e. The quantitative estimate of drug-likeness (QED) is 0.892. The molecule has 1 amide bonds. The predicted molar refractivity (Wildman–Crippen MR) is 72.4 cm³/mol. The number of ether oxygens (including phenoxy) is 2. The fraction of sp³-hybridized carbons (Fsp3) is 0.533. The van der Waals surface area contributed by atoms with E-state index in [9.17, 15) is 9.90 Å². The van der Waals surface area contributed by atoms with Crippen LogP contribution in [0.1, 0.15) is 23.2 Å². The number of para-hydroxylation sites is 1. The first kappa shape index (κ1) is 13.4. The van der Waals surface area contributed by atoms with E-state index in [-0.39, 0.29) is 17.9 Å². The number of carbonyl (C=O) groups is 1. The Bertz CT molecular complexity index is 477. The molecule has 2 saturated heterocycles. The Morgan fingerprint density at radius 3 is 2.45 bits per heavy atom. The number of benzene rings is 1. The van der Waals surface area contributed by atoms with Gasteiger partial charge in [-0.2, -0.15) is 0 Å². The second kappa shape index (κ2) is 5.81. The standard InChI is InChI=1S/C15H19NO4/c17-13-4-2-1-3-12(13)14(18)16-7-5-11(6-8-16)15-19-9-10-20-15/h1-4,11,15,17H,5-10H2.